The number of nitrogens with zero attached hydrogens (tertiary/aromatic N) is 5. The highest BCUT2D eigenvalue weighted by molar-refractivity contribution is 14.0. The summed E-state index contributed by atoms with van der Waals surface area (Å²) < 4.78 is 1.62. The number of benzene rings is 1. The van der Waals surface area contributed by atoms with Gasteiger partial charge in [-0.15, -0.1) is 24.0 Å². The Kier molecular flexibility index (Phi) is 6.85. The number of anilines is 1. The maximum absolute atomic E-state index is 9.41. The lowest BCUT2D eigenvalue weighted by atomic mass is 10.1. The van der Waals surface area contributed by atoms with Crippen LogP contribution in [0.5, 0.6) is 0 Å². The van der Waals surface area contributed by atoms with Crippen molar-refractivity contribution in [3.05, 3.63) is 41.6 Å². The third kappa shape index (κ3) is 4.46. The van der Waals surface area contributed by atoms with Gasteiger partial charge in [-0.2, -0.15) is 10.4 Å². The molecule has 0 atom stereocenters. The summed E-state index contributed by atoms with van der Waals surface area (Å²) >= 11 is 0. The van der Waals surface area contributed by atoms with E-state index in [-0.39, 0.29) is 24.0 Å². The molecule has 1 aromatic carbocycles. The Balaban J connectivity index is 0.00000243. The normalized spacial score (nSPS) is 13.8. The largest absolute Gasteiger partial charge is 0.382 e. The van der Waals surface area contributed by atoms with Crippen molar-refractivity contribution in [2.24, 2.45) is 10.7 Å². The molecule has 1 saturated carbocycles. The van der Waals surface area contributed by atoms with Gasteiger partial charge in [0, 0.05) is 19.6 Å². The minimum absolute atomic E-state index is 0. The fourth-order valence-corrected chi connectivity index (χ4v) is 2.74. The minimum atomic E-state index is 0. The lowest BCUT2D eigenvalue weighted by Crippen LogP contribution is -2.35. The number of halogens is 1. The molecular formula is C18H24IN7. The van der Waals surface area contributed by atoms with E-state index in [1.165, 1.54) is 12.8 Å². The number of hydrogen-bond donors (Lipinski definition) is 2. The Hall–Kier alpha value is -2.28. The van der Waals surface area contributed by atoms with Gasteiger partial charge in [0.05, 0.1) is 11.4 Å². The van der Waals surface area contributed by atoms with Gasteiger partial charge >= 0.3 is 0 Å². The van der Waals surface area contributed by atoms with Gasteiger partial charge in [-0.05, 0) is 37.8 Å². The van der Waals surface area contributed by atoms with Crippen LogP contribution < -0.4 is 11.5 Å². The molecule has 1 aliphatic carbocycles. The van der Waals surface area contributed by atoms with Crippen molar-refractivity contribution in [2.75, 3.05) is 19.3 Å². The molecule has 0 aliphatic heterocycles. The maximum atomic E-state index is 9.41. The van der Waals surface area contributed by atoms with Gasteiger partial charge in [0.15, 0.2) is 5.96 Å². The van der Waals surface area contributed by atoms with Crippen molar-refractivity contribution in [1.29, 1.82) is 5.26 Å². The molecule has 0 radical (unpaired) electrons. The summed E-state index contributed by atoms with van der Waals surface area (Å²) in [6.45, 7) is 0.603. The predicted molar refractivity (Wildman–Crippen MR) is 114 cm³/mol. The maximum Gasteiger partial charge on any atom is 0.191 e. The number of hydrogen-bond acceptors (Lipinski definition) is 4. The Morgan fingerprint density at radius 2 is 2.08 bits per heavy atom. The molecule has 1 aromatic heterocycles. The smallest absolute Gasteiger partial charge is 0.191 e. The monoisotopic (exact) mass is 465 g/mol. The van der Waals surface area contributed by atoms with Gasteiger partial charge in [0.25, 0.3) is 0 Å². The molecule has 0 bridgehead atoms. The van der Waals surface area contributed by atoms with Crippen LogP contribution in [0.25, 0.3) is 5.69 Å². The number of rotatable bonds is 6. The quantitative estimate of drug-likeness (QED) is 0.295. The van der Waals surface area contributed by atoms with Crippen molar-refractivity contribution >= 4 is 35.8 Å². The lowest BCUT2D eigenvalue weighted by Gasteiger charge is -2.16. The Labute approximate surface area is 170 Å². The summed E-state index contributed by atoms with van der Waals surface area (Å²) in [7, 11) is 1.98. The van der Waals surface area contributed by atoms with E-state index < -0.39 is 0 Å². The Morgan fingerprint density at radius 3 is 2.69 bits per heavy atom. The van der Waals surface area contributed by atoms with E-state index in [0.29, 0.717) is 42.0 Å². The van der Waals surface area contributed by atoms with Gasteiger partial charge in [-0.1, -0.05) is 18.2 Å². The van der Waals surface area contributed by atoms with Crippen molar-refractivity contribution < 1.29 is 0 Å². The molecule has 26 heavy (non-hydrogen) atoms. The SMILES string of the molecule is CN(C(N)=NCCCc1nn(-c2ccccc2)c(N)c1C#N)C1CC1.I. The van der Waals surface area contributed by atoms with Gasteiger partial charge in [-0.25, -0.2) is 4.68 Å². The van der Waals surface area contributed by atoms with Crippen LogP contribution in [0.1, 0.15) is 30.5 Å². The van der Waals surface area contributed by atoms with Crippen LogP contribution in [-0.2, 0) is 6.42 Å². The standard InChI is InChI=1S/C18H23N7.HI/c1-24(13-9-10-13)18(21)22-11-5-8-16-15(12-19)17(20)25(23-16)14-6-3-2-4-7-14;/h2-4,6-7,13H,5,8-11,20H2,1H3,(H2,21,22);1H. The van der Waals surface area contributed by atoms with E-state index in [1.807, 2.05) is 42.3 Å². The molecule has 1 heterocycles. The van der Waals surface area contributed by atoms with E-state index in [9.17, 15) is 5.26 Å². The van der Waals surface area contributed by atoms with Crippen LogP contribution in [0, 0.1) is 11.3 Å². The summed E-state index contributed by atoms with van der Waals surface area (Å²) in [4.78, 5) is 6.45. The molecule has 2 aromatic rings. The minimum Gasteiger partial charge on any atom is -0.382 e. The van der Waals surface area contributed by atoms with E-state index in [4.69, 9.17) is 11.5 Å². The molecule has 138 valence electrons. The van der Waals surface area contributed by atoms with Crippen molar-refractivity contribution in [3.63, 3.8) is 0 Å². The number of aryl methyl sites for hydroxylation is 1. The average molecular weight is 465 g/mol. The third-order valence-electron chi connectivity index (χ3n) is 4.41. The average Bonchev–Trinajstić information content (AvgIpc) is 3.43. The number of nitrogens with two attached hydrogens (primary N) is 2. The molecular weight excluding hydrogens is 441 g/mol. The number of nitriles is 1. The molecule has 1 aliphatic rings. The molecule has 0 amide bonds. The summed E-state index contributed by atoms with van der Waals surface area (Å²) in [5.74, 6) is 0.956. The first kappa shape index (κ1) is 20.0. The molecule has 1 fully saturated rings. The van der Waals surface area contributed by atoms with Crippen LogP contribution in [0.4, 0.5) is 5.82 Å². The molecule has 8 heteroatoms. The first-order valence-electron chi connectivity index (χ1n) is 8.47. The molecule has 7 nitrogen and oxygen atoms in total. The number of aliphatic imine (C=N–C) groups is 1. The summed E-state index contributed by atoms with van der Waals surface area (Å²) in [6, 6.07) is 12.3. The zero-order chi connectivity index (χ0) is 17.8. The third-order valence-corrected chi connectivity index (χ3v) is 4.41. The van der Waals surface area contributed by atoms with Crippen molar-refractivity contribution in [3.8, 4) is 11.8 Å². The summed E-state index contributed by atoms with van der Waals surface area (Å²) in [6.07, 6.45) is 3.78. The van der Waals surface area contributed by atoms with E-state index in [1.54, 1.807) is 4.68 Å². The predicted octanol–water partition coefficient (Wildman–Crippen LogP) is 2.29. The second-order valence-electron chi connectivity index (χ2n) is 6.25. The van der Waals surface area contributed by atoms with Gasteiger partial charge in [0.2, 0.25) is 0 Å². The molecule has 3 rings (SSSR count). The van der Waals surface area contributed by atoms with Gasteiger partial charge in [0.1, 0.15) is 17.5 Å². The van der Waals surface area contributed by atoms with Crippen LogP contribution in [-0.4, -0.2) is 40.3 Å². The first-order chi connectivity index (χ1) is 12.1. The number of nitrogen functional groups attached to an aromatic ring is 1. The summed E-state index contributed by atoms with van der Waals surface area (Å²) in [5.41, 5.74) is 14.1. The van der Waals surface area contributed by atoms with E-state index in [2.05, 4.69) is 16.2 Å². The number of aromatic nitrogens is 2. The van der Waals surface area contributed by atoms with Crippen molar-refractivity contribution in [2.45, 2.75) is 31.7 Å². The molecule has 0 unspecified atom stereocenters. The fourth-order valence-electron chi connectivity index (χ4n) is 2.74. The summed E-state index contributed by atoms with van der Waals surface area (Å²) in [5, 5.41) is 13.9. The van der Waals surface area contributed by atoms with Crippen LogP contribution in [0.3, 0.4) is 0 Å². The Bertz CT molecular complexity index is 803. The zero-order valence-corrected chi connectivity index (χ0v) is 17.1. The topological polar surface area (TPSA) is 109 Å². The highest BCUT2D eigenvalue weighted by Crippen LogP contribution is 2.25. The van der Waals surface area contributed by atoms with E-state index >= 15 is 0 Å². The second-order valence-corrected chi connectivity index (χ2v) is 6.25. The second kappa shape index (κ2) is 8.89. The van der Waals surface area contributed by atoms with Crippen LogP contribution in [0.2, 0.25) is 0 Å². The van der Waals surface area contributed by atoms with Gasteiger partial charge < -0.3 is 16.4 Å². The number of para-hydroxylation sites is 1. The fraction of sp³-hybridized carbons (Fsp3) is 0.389. The molecule has 4 N–H and O–H groups in total. The highest BCUT2D eigenvalue weighted by atomic mass is 127. The van der Waals surface area contributed by atoms with Crippen molar-refractivity contribution in [1.82, 2.24) is 14.7 Å². The first-order valence-corrected chi connectivity index (χ1v) is 8.47. The highest BCUT2D eigenvalue weighted by Gasteiger charge is 2.27. The number of guanidine groups is 1. The van der Waals surface area contributed by atoms with Crippen LogP contribution >= 0.6 is 24.0 Å². The van der Waals surface area contributed by atoms with Crippen LogP contribution in [0.15, 0.2) is 35.3 Å². The molecule has 0 saturated heterocycles. The van der Waals surface area contributed by atoms with Gasteiger partial charge in [-0.3, -0.25) is 4.99 Å². The Morgan fingerprint density at radius 1 is 1.38 bits per heavy atom. The lowest BCUT2D eigenvalue weighted by molar-refractivity contribution is 0.487. The zero-order valence-electron chi connectivity index (χ0n) is 14.8. The molecule has 0 spiro atoms. The van der Waals surface area contributed by atoms with E-state index in [0.717, 1.165) is 12.1 Å².